The van der Waals surface area contributed by atoms with Gasteiger partial charge in [0, 0.05) is 81.3 Å². The Kier molecular flexibility index (Phi) is 12.3. The summed E-state index contributed by atoms with van der Waals surface area (Å²) in [7, 11) is 0. The maximum atomic E-state index is 13.5. The first-order valence-corrected chi connectivity index (χ1v) is 25.3. The summed E-state index contributed by atoms with van der Waals surface area (Å²) in [6.45, 7) is 0. The van der Waals surface area contributed by atoms with Gasteiger partial charge < -0.3 is 106 Å². The van der Waals surface area contributed by atoms with Crippen molar-refractivity contribution in [3.05, 3.63) is 183 Å². The number of hydrogen-bond acceptors (Lipinski definition) is 21. The predicted molar refractivity (Wildman–Crippen MR) is 280 cm³/mol. The molecule has 0 radical (unpaired) electrons. The molecule has 0 aliphatic carbocycles. The molecule has 12 rings (SSSR count). The maximum absolute atomic E-state index is 13.5. The standard InChI is InChI=1S/C60H50O21/c61-26-5-7-28-43(17-26)78-57(23-2-10-34(64)39(69)14-23)53(75)46(28)30-19-31-45(21-37(30)67)80-59(25-4-12-36(66)41(71)16-25)55(77)48(31)49-51(73)32-20-42(72)56(22-1-9-33(63)38(68)13-22)81-60(32)50(52(49)74)47-29-8-6-27(62)18-44(29)79-58(54(47)76)24-3-11-35(65)40(70)15-24/h1-19,21,42,46-48,53-59,61-77H,20H2/t42-,46-,47-,48-,53-,54-,55-,56+,57+,58+,59+/m0/s1. The fraction of sp³-hybridized carbons (Fsp3) is 0.200. The summed E-state index contributed by atoms with van der Waals surface area (Å²) < 4.78 is 25.6. The van der Waals surface area contributed by atoms with E-state index in [9.17, 15) is 86.8 Å². The quantitative estimate of drug-likeness (QED) is 0.0731. The van der Waals surface area contributed by atoms with Gasteiger partial charge in [0.2, 0.25) is 0 Å². The van der Waals surface area contributed by atoms with E-state index in [4.69, 9.17) is 18.9 Å². The van der Waals surface area contributed by atoms with Gasteiger partial charge in [-0.25, -0.2) is 0 Å². The summed E-state index contributed by atoms with van der Waals surface area (Å²) in [5.74, 6) is -12.2. The zero-order valence-corrected chi connectivity index (χ0v) is 41.8. The smallest absolute Gasteiger partial charge is 0.157 e. The number of aromatic hydroxyl groups is 13. The fourth-order valence-electron chi connectivity index (χ4n) is 11.8. The van der Waals surface area contributed by atoms with Gasteiger partial charge in [0.05, 0.1) is 6.10 Å². The summed E-state index contributed by atoms with van der Waals surface area (Å²) in [6, 6.07) is 24.9. The molecule has 0 spiro atoms. The molecular formula is C60H50O21. The molecule has 21 heteroatoms. The van der Waals surface area contributed by atoms with Crippen LogP contribution < -0.4 is 18.9 Å². The van der Waals surface area contributed by atoms with Gasteiger partial charge in [-0.15, -0.1) is 0 Å². The fourth-order valence-corrected chi connectivity index (χ4v) is 11.8. The lowest BCUT2D eigenvalue weighted by atomic mass is 9.72. The third-order valence-electron chi connectivity index (χ3n) is 15.7. The Bertz CT molecular complexity index is 3860. The lowest BCUT2D eigenvalue weighted by Crippen LogP contribution is -2.38. The lowest BCUT2D eigenvalue weighted by molar-refractivity contribution is 0.000177. The van der Waals surface area contributed by atoms with Crippen molar-refractivity contribution >= 4 is 0 Å². The third-order valence-corrected chi connectivity index (χ3v) is 15.7. The Labute approximate surface area is 457 Å². The van der Waals surface area contributed by atoms with Gasteiger partial charge in [-0.3, -0.25) is 0 Å². The van der Waals surface area contributed by atoms with Gasteiger partial charge in [0.15, 0.2) is 64.3 Å². The SMILES string of the molecule is Oc1ccc2c(c1)O[C@H](c1ccc(O)c(O)c1)[C@@H](O)[C@@H]2c1cc2c(cc1O)O[C@H](c1ccc(O)c(O)c1)[C@@H](O)[C@@H]2c1c(O)c2c(c([C@@H]3c4ccc(O)cc4O[C@H](c4ccc(O)c(O)c4)[C@H]3O)c1O)O[C@H](c1ccc(O)c(O)c1)[C@@H](O)C2. The molecule has 0 saturated heterocycles. The first kappa shape index (κ1) is 51.9. The molecule has 0 bridgehead atoms. The molecular weight excluding hydrogens is 1060 g/mol. The molecule has 0 saturated carbocycles. The Balaban J connectivity index is 1.12. The van der Waals surface area contributed by atoms with E-state index in [1.807, 2.05) is 0 Å². The van der Waals surface area contributed by atoms with Crippen molar-refractivity contribution in [3.63, 3.8) is 0 Å². The Morgan fingerprint density at radius 1 is 0.309 bits per heavy atom. The van der Waals surface area contributed by atoms with E-state index in [0.717, 1.165) is 48.5 Å². The second-order valence-corrected chi connectivity index (χ2v) is 20.5. The largest absolute Gasteiger partial charge is 0.508 e. The van der Waals surface area contributed by atoms with E-state index in [1.165, 1.54) is 72.8 Å². The zero-order valence-electron chi connectivity index (χ0n) is 41.8. The van der Waals surface area contributed by atoms with Crippen molar-refractivity contribution < 1.29 is 106 Å². The van der Waals surface area contributed by atoms with E-state index in [2.05, 4.69) is 0 Å². The van der Waals surface area contributed by atoms with E-state index in [0.29, 0.717) is 0 Å². The molecule has 0 aromatic heterocycles. The molecule has 4 aliphatic rings. The molecule has 81 heavy (non-hydrogen) atoms. The molecule has 8 aromatic rings. The number of hydrogen-bond donors (Lipinski definition) is 17. The third kappa shape index (κ3) is 8.48. The summed E-state index contributed by atoms with van der Waals surface area (Å²) in [4.78, 5) is 0. The van der Waals surface area contributed by atoms with Crippen LogP contribution in [-0.2, 0) is 6.42 Å². The van der Waals surface area contributed by atoms with Crippen molar-refractivity contribution in [1.29, 1.82) is 0 Å². The Hall–Kier alpha value is -9.80. The average Bonchev–Trinajstić information content (AvgIpc) is 3.24. The number of aliphatic hydroxyl groups excluding tert-OH is 4. The topological polar surface area (TPSA) is 381 Å². The van der Waals surface area contributed by atoms with Crippen LogP contribution in [0.2, 0.25) is 0 Å². The van der Waals surface area contributed by atoms with Crippen LogP contribution in [0, 0.1) is 0 Å². The summed E-state index contributed by atoms with van der Waals surface area (Å²) in [5, 5.41) is 194. The Morgan fingerprint density at radius 2 is 0.704 bits per heavy atom. The molecule has 21 nitrogen and oxygen atoms in total. The van der Waals surface area contributed by atoms with E-state index in [1.54, 1.807) is 0 Å². The first-order chi connectivity index (χ1) is 38.7. The summed E-state index contributed by atoms with van der Waals surface area (Å²) in [5.41, 5.74) is -0.410. The van der Waals surface area contributed by atoms with Crippen LogP contribution in [0.1, 0.15) is 103 Å². The number of benzene rings is 8. The monoisotopic (exact) mass is 1110 g/mol. The van der Waals surface area contributed by atoms with Gasteiger partial charge >= 0.3 is 0 Å². The van der Waals surface area contributed by atoms with Crippen LogP contribution in [0.4, 0.5) is 0 Å². The minimum absolute atomic E-state index is 0.0264. The molecule has 4 aliphatic heterocycles. The van der Waals surface area contributed by atoms with Gasteiger partial charge in [-0.1, -0.05) is 36.4 Å². The van der Waals surface area contributed by atoms with E-state index < -0.39 is 142 Å². The van der Waals surface area contributed by atoms with E-state index >= 15 is 0 Å². The minimum atomic E-state index is -1.95. The van der Waals surface area contributed by atoms with Crippen LogP contribution in [-0.4, -0.2) is 111 Å². The predicted octanol–water partition coefficient (Wildman–Crippen LogP) is 6.78. The van der Waals surface area contributed by atoms with Crippen LogP contribution in [0.15, 0.2) is 121 Å². The summed E-state index contributed by atoms with van der Waals surface area (Å²) >= 11 is 0. The molecule has 11 atom stereocenters. The van der Waals surface area contributed by atoms with Crippen molar-refractivity contribution in [2.45, 2.75) is 73.0 Å². The minimum Gasteiger partial charge on any atom is -0.508 e. The number of phenols is 13. The van der Waals surface area contributed by atoms with Crippen LogP contribution >= 0.6 is 0 Å². The molecule has 17 N–H and O–H groups in total. The molecule has 0 fully saturated rings. The lowest BCUT2D eigenvalue weighted by Gasteiger charge is -2.43. The molecule has 4 heterocycles. The molecule has 0 unspecified atom stereocenters. The van der Waals surface area contributed by atoms with Gasteiger partial charge in [0.25, 0.3) is 0 Å². The number of aliphatic hydroxyl groups is 4. The number of rotatable bonds is 7. The second kappa shape index (κ2) is 19.2. The average molecular weight is 1110 g/mol. The van der Waals surface area contributed by atoms with Crippen molar-refractivity contribution in [1.82, 2.24) is 0 Å². The first-order valence-electron chi connectivity index (χ1n) is 25.3. The van der Waals surface area contributed by atoms with Crippen LogP contribution in [0.5, 0.6) is 97.7 Å². The molecule has 8 aromatic carbocycles. The molecule has 416 valence electrons. The van der Waals surface area contributed by atoms with Crippen molar-refractivity contribution in [2.75, 3.05) is 0 Å². The highest BCUT2D eigenvalue weighted by atomic mass is 16.5. The number of phenolic OH excluding ortho intramolecular Hbond substituents is 13. The number of ether oxygens (including phenoxy) is 4. The normalized spacial score (nSPS) is 24.4. The molecule has 0 amide bonds. The van der Waals surface area contributed by atoms with Gasteiger partial charge in [0.1, 0.15) is 76.2 Å². The highest BCUT2D eigenvalue weighted by molar-refractivity contribution is 5.71. The van der Waals surface area contributed by atoms with Crippen LogP contribution in [0.25, 0.3) is 0 Å². The van der Waals surface area contributed by atoms with Crippen molar-refractivity contribution in [2.24, 2.45) is 0 Å². The summed E-state index contributed by atoms with van der Waals surface area (Å²) in [6.07, 6.45) is -13.3. The van der Waals surface area contributed by atoms with Gasteiger partial charge in [-0.2, -0.15) is 0 Å². The van der Waals surface area contributed by atoms with Crippen LogP contribution in [0.3, 0.4) is 0 Å². The van der Waals surface area contributed by atoms with E-state index in [-0.39, 0.29) is 90.1 Å². The number of fused-ring (bicyclic) bond motifs is 4. The Morgan fingerprint density at radius 3 is 1.15 bits per heavy atom. The van der Waals surface area contributed by atoms with Gasteiger partial charge in [-0.05, 0) is 89.0 Å². The maximum Gasteiger partial charge on any atom is 0.157 e. The second-order valence-electron chi connectivity index (χ2n) is 20.5. The zero-order chi connectivity index (χ0) is 57.2. The highest BCUT2D eigenvalue weighted by Crippen LogP contribution is 2.62. The highest BCUT2D eigenvalue weighted by Gasteiger charge is 2.50. The van der Waals surface area contributed by atoms with Crippen molar-refractivity contribution in [3.8, 4) is 97.7 Å².